The number of nitrogens with zero attached hydrogens (tertiary/aromatic N) is 2. The molecule has 1 saturated heterocycles. The van der Waals surface area contributed by atoms with Crippen molar-refractivity contribution in [1.82, 2.24) is 9.80 Å². The van der Waals surface area contributed by atoms with E-state index in [2.05, 4.69) is 5.32 Å². The van der Waals surface area contributed by atoms with E-state index in [0.29, 0.717) is 12.2 Å². The number of hydrogen-bond donors (Lipinski definition) is 1. The van der Waals surface area contributed by atoms with Gasteiger partial charge < -0.3 is 15.1 Å². The van der Waals surface area contributed by atoms with Crippen LogP contribution in [0.5, 0.6) is 0 Å². The monoisotopic (exact) mass is 369 g/mol. The number of nitrogens with one attached hydrogen (secondary N) is 1. The summed E-state index contributed by atoms with van der Waals surface area (Å²) in [6.07, 6.45) is 0. The first-order valence-corrected chi connectivity index (χ1v) is 8.62. The largest absolute Gasteiger partial charge is 0.328 e. The van der Waals surface area contributed by atoms with Crippen LogP contribution in [0.4, 0.5) is 10.1 Å². The number of hydrogen-bond acceptors (Lipinski definition) is 3. The fraction of sp³-hybridized carbons (Fsp3) is 0.250. The first kappa shape index (κ1) is 18.6. The van der Waals surface area contributed by atoms with Gasteiger partial charge in [-0.15, -0.1) is 0 Å². The molecule has 0 bridgehead atoms. The van der Waals surface area contributed by atoms with Gasteiger partial charge in [-0.05, 0) is 36.2 Å². The van der Waals surface area contributed by atoms with Crippen molar-refractivity contribution in [3.05, 3.63) is 65.5 Å². The van der Waals surface area contributed by atoms with Crippen molar-refractivity contribution < 1.29 is 18.8 Å². The van der Waals surface area contributed by atoms with Crippen LogP contribution in [0.3, 0.4) is 0 Å². The lowest BCUT2D eigenvalue weighted by atomic mass is 10.2. The van der Waals surface area contributed by atoms with Crippen LogP contribution in [-0.4, -0.2) is 47.2 Å². The highest BCUT2D eigenvalue weighted by Gasteiger charge is 2.33. The zero-order chi connectivity index (χ0) is 19.4. The Morgan fingerprint density at radius 3 is 2.33 bits per heavy atom. The minimum absolute atomic E-state index is 0.177. The molecule has 1 heterocycles. The number of amides is 3. The van der Waals surface area contributed by atoms with Gasteiger partial charge in [-0.1, -0.05) is 30.3 Å². The highest BCUT2D eigenvalue weighted by Crippen LogP contribution is 2.14. The molecule has 1 fully saturated rings. The lowest BCUT2D eigenvalue weighted by Crippen LogP contribution is -2.55. The first-order valence-electron chi connectivity index (χ1n) is 8.62. The molecule has 0 atom stereocenters. The van der Waals surface area contributed by atoms with Crippen molar-refractivity contribution in [2.45, 2.75) is 13.5 Å². The molecule has 3 rings (SSSR count). The van der Waals surface area contributed by atoms with E-state index in [1.54, 1.807) is 18.2 Å². The Morgan fingerprint density at radius 2 is 1.63 bits per heavy atom. The van der Waals surface area contributed by atoms with E-state index in [0.717, 1.165) is 11.1 Å². The Labute approximate surface area is 156 Å². The van der Waals surface area contributed by atoms with Crippen molar-refractivity contribution in [3.63, 3.8) is 0 Å². The number of halogens is 1. The molecule has 0 radical (unpaired) electrons. The average molecular weight is 369 g/mol. The van der Waals surface area contributed by atoms with E-state index in [1.807, 2.05) is 25.1 Å². The third kappa shape index (κ3) is 4.49. The summed E-state index contributed by atoms with van der Waals surface area (Å²) in [5, 5.41) is 2.76. The highest BCUT2D eigenvalue weighted by molar-refractivity contribution is 6.35. The summed E-state index contributed by atoms with van der Waals surface area (Å²) < 4.78 is 13.0. The fourth-order valence-electron chi connectivity index (χ4n) is 2.90. The standard InChI is InChI=1S/C20H20FN3O3/c1-14-4-2-3-5-17(14)22-18(25)13-24-11-10-23(19(26)20(24)27)12-15-6-8-16(21)9-7-15/h2-9H,10-13H2,1H3,(H,22,25). The quantitative estimate of drug-likeness (QED) is 0.819. The van der Waals surface area contributed by atoms with E-state index < -0.39 is 11.8 Å². The summed E-state index contributed by atoms with van der Waals surface area (Å²) in [5.74, 6) is -2.07. The van der Waals surface area contributed by atoms with Crippen molar-refractivity contribution in [1.29, 1.82) is 0 Å². The molecule has 2 aromatic rings. The van der Waals surface area contributed by atoms with Crippen LogP contribution in [0, 0.1) is 12.7 Å². The van der Waals surface area contributed by atoms with Gasteiger partial charge in [0.2, 0.25) is 5.91 Å². The third-order valence-electron chi connectivity index (χ3n) is 4.44. The molecule has 6 nitrogen and oxygen atoms in total. The van der Waals surface area contributed by atoms with Crippen molar-refractivity contribution in [3.8, 4) is 0 Å². The van der Waals surface area contributed by atoms with Crippen molar-refractivity contribution in [2.75, 3.05) is 25.0 Å². The SMILES string of the molecule is Cc1ccccc1NC(=O)CN1CCN(Cc2ccc(F)cc2)C(=O)C1=O. The number of piperazine rings is 1. The van der Waals surface area contributed by atoms with E-state index in [1.165, 1.54) is 21.9 Å². The lowest BCUT2D eigenvalue weighted by Gasteiger charge is -2.33. The molecule has 0 spiro atoms. The van der Waals surface area contributed by atoms with Gasteiger partial charge >= 0.3 is 11.8 Å². The highest BCUT2D eigenvalue weighted by atomic mass is 19.1. The molecular formula is C20H20FN3O3. The number of para-hydroxylation sites is 1. The predicted octanol–water partition coefficient (Wildman–Crippen LogP) is 1.94. The number of carbonyl (C=O) groups is 3. The van der Waals surface area contributed by atoms with Gasteiger partial charge in [0.15, 0.2) is 0 Å². The second-order valence-corrected chi connectivity index (χ2v) is 6.44. The topological polar surface area (TPSA) is 69.7 Å². The summed E-state index contributed by atoms with van der Waals surface area (Å²) in [4.78, 5) is 39.5. The summed E-state index contributed by atoms with van der Waals surface area (Å²) in [7, 11) is 0. The predicted molar refractivity (Wildman–Crippen MR) is 98.2 cm³/mol. The van der Waals surface area contributed by atoms with Gasteiger partial charge in [-0.3, -0.25) is 14.4 Å². The van der Waals surface area contributed by atoms with Gasteiger partial charge in [-0.2, -0.15) is 0 Å². The van der Waals surface area contributed by atoms with Crippen molar-refractivity contribution >= 4 is 23.4 Å². The van der Waals surface area contributed by atoms with Crippen LogP contribution in [-0.2, 0) is 20.9 Å². The van der Waals surface area contributed by atoms with E-state index in [9.17, 15) is 18.8 Å². The first-order chi connectivity index (χ1) is 12.9. The average Bonchev–Trinajstić information content (AvgIpc) is 2.65. The molecule has 1 aliphatic heterocycles. The Kier molecular flexibility index (Phi) is 5.49. The molecular weight excluding hydrogens is 349 g/mol. The van der Waals surface area contributed by atoms with Crippen molar-refractivity contribution in [2.24, 2.45) is 0 Å². The van der Waals surface area contributed by atoms with Crippen LogP contribution in [0.1, 0.15) is 11.1 Å². The summed E-state index contributed by atoms with van der Waals surface area (Å²) >= 11 is 0. The Morgan fingerprint density at radius 1 is 1.00 bits per heavy atom. The Balaban J connectivity index is 1.57. The minimum atomic E-state index is -0.705. The van der Waals surface area contributed by atoms with E-state index >= 15 is 0 Å². The lowest BCUT2D eigenvalue weighted by molar-refractivity contribution is -0.157. The molecule has 7 heteroatoms. The third-order valence-corrected chi connectivity index (χ3v) is 4.44. The number of aryl methyl sites for hydroxylation is 1. The fourth-order valence-corrected chi connectivity index (χ4v) is 2.90. The van der Waals surface area contributed by atoms with Gasteiger partial charge in [0.05, 0.1) is 0 Å². The normalized spacial score (nSPS) is 14.4. The molecule has 0 unspecified atom stereocenters. The Bertz CT molecular complexity index is 867. The molecule has 2 aromatic carbocycles. The molecule has 0 aromatic heterocycles. The molecule has 1 aliphatic rings. The van der Waals surface area contributed by atoms with Crippen LogP contribution >= 0.6 is 0 Å². The maximum Gasteiger partial charge on any atom is 0.312 e. The molecule has 27 heavy (non-hydrogen) atoms. The smallest absolute Gasteiger partial charge is 0.312 e. The number of anilines is 1. The number of carbonyl (C=O) groups excluding carboxylic acids is 3. The molecule has 1 N–H and O–H groups in total. The van der Waals surface area contributed by atoms with Crippen LogP contribution in [0.2, 0.25) is 0 Å². The molecule has 0 saturated carbocycles. The summed E-state index contributed by atoms with van der Waals surface area (Å²) in [6.45, 7) is 2.52. The molecule has 0 aliphatic carbocycles. The zero-order valence-electron chi connectivity index (χ0n) is 14.9. The van der Waals surface area contributed by atoms with E-state index in [-0.39, 0.29) is 31.4 Å². The van der Waals surface area contributed by atoms with Gasteiger partial charge in [0.25, 0.3) is 0 Å². The number of rotatable bonds is 5. The van der Waals surface area contributed by atoms with Crippen LogP contribution in [0.15, 0.2) is 48.5 Å². The maximum atomic E-state index is 13.0. The Hall–Kier alpha value is -3.22. The van der Waals surface area contributed by atoms with Gasteiger partial charge in [0, 0.05) is 25.3 Å². The van der Waals surface area contributed by atoms with Crippen LogP contribution < -0.4 is 5.32 Å². The maximum absolute atomic E-state index is 13.0. The van der Waals surface area contributed by atoms with Crippen LogP contribution in [0.25, 0.3) is 0 Å². The second kappa shape index (κ2) is 7.99. The second-order valence-electron chi connectivity index (χ2n) is 6.44. The summed E-state index contributed by atoms with van der Waals surface area (Å²) in [6, 6.07) is 13.1. The van der Waals surface area contributed by atoms with Gasteiger partial charge in [0.1, 0.15) is 12.4 Å². The van der Waals surface area contributed by atoms with Gasteiger partial charge in [-0.25, -0.2) is 4.39 Å². The molecule has 3 amide bonds. The minimum Gasteiger partial charge on any atom is -0.328 e. The zero-order valence-corrected chi connectivity index (χ0v) is 14.9. The summed E-state index contributed by atoms with van der Waals surface area (Å²) in [5.41, 5.74) is 2.33. The molecule has 140 valence electrons. The number of benzene rings is 2. The van der Waals surface area contributed by atoms with E-state index in [4.69, 9.17) is 0 Å².